The summed E-state index contributed by atoms with van der Waals surface area (Å²) in [6, 6.07) is 7.53. The number of urea groups is 1. The molecule has 2 aromatic rings. The summed E-state index contributed by atoms with van der Waals surface area (Å²) < 4.78 is 0. The van der Waals surface area contributed by atoms with Gasteiger partial charge in [-0.2, -0.15) is 0 Å². The number of hydrogen-bond donors (Lipinski definition) is 3. The number of aryl methyl sites for hydroxylation is 1. The van der Waals surface area contributed by atoms with Crippen LogP contribution in [0.3, 0.4) is 0 Å². The minimum Gasteiger partial charge on any atom is -0.336 e. The number of aromatic nitrogens is 3. The molecule has 0 spiro atoms. The number of carbonyl (C=O) groups is 2. The summed E-state index contributed by atoms with van der Waals surface area (Å²) in [6.07, 6.45) is 0.981. The lowest BCUT2D eigenvalue weighted by Crippen LogP contribution is -2.45. The third kappa shape index (κ3) is 5.60. The molecular weight excluding hydrogens is 338 g/mol. The van der Waals surface area contributed by atoms with Crippen molar-refractivity contribution in [3.05, 3.63) is 29.8 Å². The molecule has 25 heavy (non-hydrogen) atoms. The lowest BCUT2D eigenvalue weighted by Gasteiger charge is -2.11. The van der Waals surface area contributed by atoms with Crippen LogP contribution in [0.1, 0.15) is 33.3 Å². The Hall–Kier alpha value is -2.35. The van der Waals surface area contributed by atoms with Gasteiger partial charge in [-0.1, -0.05) is 43.0 Å². The third-order valence-electron chi connectivity index (χ3n) is 3.41. The lowest BCUT2D eigenvalue weighted by atomic mass is 10.1. The number of carbonyl (C=O) groups excluding carboxylic acids is 2. The number of aromatic amines is 1. The number of benzene rings is 1. The highest BCUT2D eigenvalue weighted by atomic mass is 32.2. The zero-order chi connectivity index (χ0) is 18.4. The van der Waals surface area contributed by atoms with E-state index in [1.165, 1.54) is 17.3 Å². The zero-order valence-corrected chi connectivity index (χ0v) is 15.6. The number of nitrogens with one attached hydrogen (secondary N) is 3. The lowest BCUT2D eigenvalue weighted by molar-refractivity contribution is -0.119. The van der Waals surface area contributed by atoms with E-state index in [0.717, 1.165) is 12.0 Å². The van der Waals surface area contributed by atoms with Crippen LogP contribution in [0, 0.1) is 0 Å². The molecule has 0 unspecified atom stereocenters. The van der Waals surface area contributed by atoms with Crippen molar-refractivity contribution in [1.82, 2.24) is 25.8 Å². The molecule has 1 atom stereocenters. The van der Waals surface area contributed by atoms with Gasteiger partial charge >= 0.3 is 6.03 Å². The highest BCUT2D eigenvalue weighted by molar-refractivity contribution is 8.00. The second-order valence-corrected chi connectivity index (χ2v) is 7.20. The molecule has 0 fully saturated rings. The maximum absolute atomic E-state index is 12.0. The van der Waals surface area contributed by atoms with Crippen LogP contribution < -0.4 is 10.6 Å². The predicted octanol–water partition coefficient (Wildman–Crippen LogP) is 2.75. The van der Waals surface area contributed by atoms with Crippen LogP contribution >= 0.6 is 11.8 Å². The van der Waals surface area contributed by atoms with E-state index in [1.807, 2.05) is 38.1 Å². The van der Waals surface area contributed by atoms with Crippen molar-refractivity contribution in [1.29, 1.82) is 0 Å². The van der Waals surface area contributed by atoms with E-state index >= 15 is 0 Å². The maximum atomic E-state index is 12.0. The van der Waals surface area contributed by atoms with E-state index in [2.05, 4.69) is 32.7 Å². The molecule has 0 aliphatic carbocycles. The first-order chi connectivity index (χ1) is 11.9. The number of amides is 3. The van der Waals surface area contributed by atoms with E-state index in [9.17, 15) is 9.59 Å². The molecule has 3 N–H and O–H groups in total. The van der Waals surface area contributed by atoms with E-state index in [0.29, 0.717) is 11.0 Å². The summed E-state index contributed by atoms with van der Waals surface area (Å²) in [5.41, 5.74) is 2.19. The third-order valence-corrected chi connectivity index (χ3v) is 4.37. The topological polar surface area (TPSA) is 99.8 Å². The Kier molecular flexibility index (Phi) is 6.58. The summed E-state index contributed by atoms with van der Waals surface area (Å²) in [4.78, 5) is 28.0. The second-order valence-electron chi connectivity index (χ2n) is 5.89. The van der Waals surface area contributed by atoms with E-state index < -0.39 is 11.3 Å². The van der Waals surface area contributed by atoms with Crippen molar-refractivity contribution in [3.63, 3.8) is 0 Å². The maximum Gasteiger partial charge on any atom is 0.321 e. The molecule has 8 heteroatoms. The van der Waals surface area contributed by atoms with Gasteiger partial charge in [-0.15, -0.1) is 5.10 Å². The van der Waals surface area contributed by atoms with Crippen LogP contribution in [0.15, 0.2) is 29.4 Å². The summed E-state index contributed by atoms with van der Waals surface area (Å²) in [7, 11) is 0. The summed E-state index contributed by atoms with van der Waals surface area (Å²) >= 11 is 1.19. The molecule has 1 aromatic heterocycles. The Morgan fingerprint density at radius 2 is 1.88 bits per heavy atom. The highest BCUT2D eigenvalue weighted by Crippen LogP contribution is 2.23. The molecule has 0 bridgehead atoms. The Morgan fingerprint density at radius 1 is 1.20 bits per heavy atom. The van der Waals surface area contributed by atoms with Gasteiger partial charge in [0, 0.05) is 11.6 Å². The molecule has 0 radical (unpaired) electrons. The fraction of sp³-hybridized carbons (Fsp3) is 0.412. The summed E-state index contributed by atoms with van der Waals surface area (Å²) in [6.45, 7) is 7.45. The van der Waals surface area contributed by atoms with Crippen molar-refractivity contribution in [3.8, 4) is 11.4 Å². The van der Waals surface area contributed by atoms with Gasteiger partial charge in [0.05, 0.1) is 5.25 Å². The molecule has 2 rings (SSSR count). The minimum absolute atomic E-state index is 0.0366. The highest BCUT2D eigenvalue weighted by Gasteiger charge is 2.19. The van der Waals surface area contributed by atoms with Gasteiger partial charge in [0.2, 0.25) is 11.1 Å². The predicted molar refractivity (Wildman–Crippen MR) is 98.3 cm³/mol. The SMILES string of the molecule is CCc1ccc(-c2nc(S[C@H](C)C(=O)NC(=O)NC(C)C)n[nH]2)cc1. The van der Waals surface area contributed by atoms with Gasteiger partial charge in [-0.05, 0) is 32.8 Å². The van der Waals surface area contributed by atoms with E-state index in [-0.39, 0.29) is 11.9 Å². The van der Waals surface area contributed by atoms with Crippen LogP contribution in [-0.2, 0) is 11.2 Å². The molecule has 0 aliphatic rings. The zero-order valence-electron chi connectivity index (χ0n) is 14.8. The van der Waals surface area contributed by atoms with Gasteiger partial charge in [-0.3, -0.25) is 15.2 Å². The van der Waals surface area contributed by atoms with Crippen molar-refractivity contribution < 1.29 is 9.59 Å². The van der Waals surface area contributed by atoms with Crippen molar-refractivity contribution >= 4 is 23.7 Å². The fourth-order valence-corrected chi connectivity index (χ4v) is 2.77. The summed E-state index contributed by atoms with van der Waals surface area (Å²) in [5, 5.41) is 11.9. The number of nitrogens with zero attached hydrogens (tertiary/aromatic N) is 2. The Morgan fingerprint density at radius 3 is 2.48 bits per heavy atom. The molecular formula is C17H23N5O2S. The Balaban J connectivity index is 1.95. The molecule has 0 aliphatic heterocycles. The van der Waals surface area contributed by atoms with Gasteiger partial charge in [0.25, 0.3) is 0 Å². The number of imide groups is 1. The van der Waals surface area contributed by atoms with Gasteiger partial charge in [-0.25, -0.2) is 9.78 Å². The minimum atomic E-state index is -0.501. The normalized spacial score (nSPS) is 12.0. The van der Waals surface area contributed by atoms with Gasteiger partial charge in [0.1, 0.15) is 0 Å². The van der Waals surface area contributed by atoms with Crippen LogP contribution in [0.25, 0.3) is 11.4 Å². The summed E-state index contributed by atoms with van der Waals surface area (Å²) in [5.74, 6) is 0.261. The fourth-order valence-electron chi connectivity index (χ4n) is 2.05. The van der Waals surface area contributed by atoms with Crippen molar-refractivity contribution in [2.24, 2.45) is 0 Å². The smallest absolute Gasteiger partial charge is 0.321 e. The number of thioether (sulfide) groups is 1. The van der Waals surface area contributed by atoms with Crippen LogP contribution in [-0.4, -0.2) is 38.4 Å². The standard InChI is InChI=1S/C17H23N5O2S/c1-5-12-6-8-13(9-7-12)14-19-17(22-21-14)25-11(4)15(23)20-16(24)18-10(2)3/h6-11H,5H2,1-4H3,(H,19,21,22)(H2,18,20,23,24)/t11-/m1/s1. The quantitative estimate of drug-likeness (QED) is 0.687. The average molecular weight is 361 g/mol. The molecule has 1 heterocycles. The second kappa shape index (κ2) is 8.66. The van der Waals surface area contributed by atoms with Crippen LogP contribution in [0.4, 0.5) is 4.79 Å². The van der Waals surface area contributed by atoms with Crippen molar-refractivity contribution in [2.75, 3.05) is 0 Å². The Labute approximate surface area is 151 Å². The first-order valence-corrected chi connectivity index (χ1v) is 9.06. The number of hydrogen-bond acceptors (Lipinski definition) is 5. The monoisotopic (exact) mass is 361 g/mol. The molecule has 7 nitrogen and oxygen atoms in total. The van der Waals surface area contributed by atoms with Crippen LogP contribution in [0.2, 0.25) is 0 Å². The molecule has 0 saturated carbocycles. The van der Waals surface area contributed by atoms with Crippen LogP contribution in [0.5, 0.6) is 0 Å². The molecule has 1 aromatic carbocycles. The van der Waals surface area contributed by atoms with Crippen molar-refractivity contribution in [2.45, 2.75) is 50.6 Å². The molecule has 3 amide bonds. The van der Waals surface area contributed by atoms with E-state index in [1.54, 1.807) is 6.92 Å². The first-order valence-electron chi connectivity index (χ1n) is 8.18. The Bertz CT molecular complexity index is 727. The largest absolute Gasteiger partial charge is 0.336 e. The van der Waals surface area contributed by atoms with E-state index in [4.69, 9.17) is 0 Å². The molecule has 134 valence electrons. The molecule has 0 saturated heterocycles. The average Bonchev–Trinajstić information content (AvgIpc) is 3.02. The number of rotatable bonds is 6. The van der Waals surface area contributed by atoms with Gasteiger partial charge in [0.15, 0.2) is 5.82 Å². The first kappa shape index (κ1) is 19.0. The number of H-pyrrole nitrogens is 1. The van der Waals surface area contributed by atoms with Gasteiger partial charge < -0.3 is 5.32 Å².